The summed E-state index contributed by atoms with van der Waals surface area (Å²) in [5.41, 5.74) is 0.525. The van der Waals surface area contributed by atoms with Crippen LogP contribution in [0.15, 0.2) is 24.3 Å². The molecule has 18 heavy (non-hydrogen) atoms. The molecule has 0 aliphatic carbocycles. The topological polar surface area (TPSA) is 47.6 Å². The SMILES string of the molecule is COC(=O)c1cccc(OCC2CCCNC2)c1. The Morgan fingerprint density at radius 3 is 3.11 bits per heavy atom. The maximum Gasteiger partial charge on any atom is 0.337 e. The first-order chi connectivity index (χ1) is 8.79. The minimum Gasteiger partial charge on any atom is -0.493 e. The molecule has 1 fully saturated rings. The summed E-state index contributed by atoms with van der Waals surface area (Å²) < 4.78 is 10.4. The third kappa shape index (κ3) is 3.47. The second kappa shape index (κ2) is 6.40. The third-order valence-electron chi connectivity index (χ3n) is 3.14. The van der Waals surface area contributed by atoms with E-state index in [9.17, 15) is 4.79 Å². The van der Waals surface area contributed by atoms with Gasteiger partial charge < -0.3 is 14.8 Å². The van der Waals surface area contributed by atoms with E-state index in [1.165, 1.54) is 20.0 Å². The normalized spacial score (nSPS) is 19.3. The number of methoxy groups -OCH3 is 1. The van der Waals surface area contributed by atoms with Crippen LogP contribution in [0.3, 0.4) is 0 Å². The molecule has 1 aromatic rings. The summed E-state index contributed by atoms with van der Waals surface area (Å²) in [4.78, 5) is 11.4. The van der Waals surface area contributed by atoms with Crippen LogP contribution < -0.4 is 10.1 Å². The molecule has 1 aliphatic heterocycles. The molecule has 0 aromatic heterocycles. The van der Waals surface area contributed by atoms with Gasteiger partial charge in [-0.3, -0.25) is 0 Å². The van der Waals surface area contributed by atoms with Crippen molar-refractivity contribution in [1.82, 2.24) is 5.32 Å². The van der Waals surface area contributed by atoms with E-state index >= 15 is 0 Å². The molecule has 1 aliphatic rings. The minimum absolute atomic E-state index is 0.334. The van der Waals surface area contributed by atoms with E-state index in [1.807, 2.05) is 6.07 Å². The lowest BCUT2D eigenvalue weighted by atomic mass is 10.0. The first kappa shape index (κ1) is 12.9. The maximum absolute atomic E-state index is 11.4. The molecule has 0 radical (unpaired) electrons. The molecule has 98 valence electrons. The lowest BCUT2D eigenvalue weighted by Crippen LogP contribution is -2.33. The standard InChI is InChI=1S/C14H19NO3/c1-17-14(16)12-5-2-6-13(8-12)18-10-11-4-3-7-15-9-11/h2,5-6,8,11,15H,3-4,7,9-10H2,1H3. The van der Waals surface area contributed by atoms with Gasteiger partial charge in [0.2, 0.25) is 0 Å². The number of rotatable bonds is 4. The predicted octanol–water partition coefficient (Wildman–Crippen LogP) is 1.85. The molecule has 1 unspecified atom stereocenters. The molecule has 0 saturated carbocycles. The molecule has 4 nitrogen and oxygen atoms in total. The van der Waals surface area contributed by atoms with Gasteiger partial charge in [0.15, 0.2) is 0 Å². The molecular formula is C14H19NO3. The van der Waals surface area contributed by atoms with Crippen molar-refractivity contribution in [1.29, 1.82) is 0 Å². The zero-order valence-electron chi connectivity index (χ0n) is 10.6. The second-order valence-corrected chi connectivity index (χ2v) is 4.54. The van der Waals surface area contributed by atoms with E-state index < -0.39 is 0 Å². The molecule has 0 amide bonds. The van der Waals surface area contributed by atoms with E-state index in [1.54, 1.807) is 18.2 Å². The first-order valence-electron chi connectivity index (χ1n) is 6.31. The highest BCUT2D eigenvalue weighted by Crippen LogP contribution is 2.17. The Morgan fingerprint density at radius 1 is 1.50 bits per heavy atom. The maximum atomic E-state index is 11.4. The number of piperidine rings is 1. The fourth-order valence-corrected chi connectivity index (χ4v) is 2.11. The van der Waals surface area contributed by atoms with Crippen LogP contribution in [0.4, 0.5) is 0 Å². The van der Waals surface area contributed by atoms with E-state index in [2.05, 4.69) is 10.1 Å². The van der Waals surface area contributed by atoms with Gasteiger partial charge in [0, 0.05) is 12.5 Å². The average Bonchev–Trinajstić information content (AvgIpc) is 2.45. The van der Waals surface area contributed by atoms with Gasteiger partial charge in [-0.1, -0.05) is 6.07 Å². The van der Waals surface area contributed by atoms with Crippen molar-refractivity contribution in [2.24, 2.45) is 5.92 Å². The number of nitrogens with one attached hydrogen (secondary N) is 1. The number of carbonyl (C=O) groups excluding carboxylic acids is 1. The van der Waals surface area contributed by atoms with E-state index in [4.69, 9.17) is 4.74 Å². The molecule has 1 saturated heterocycles. The Kier molecular flexibility index (Phi) is 4.59. The van der Waals surface area contributed by atoms with Gasteiger partial charge in [-0.05, 0) is 37.6 Å². The summed E-state index contributed by atoms with van der Waals surface area (Å²) in [5.74, 6) is 0.948. The van der Waals surface area contributed by atoms with Crippen LogP contribution in [0.25, 0.3) is 0 Å². The van der Waals surface area contributed by atoms with Crippen molar-refractivity contribution in [2.75, 3.05) is 26.8 Å². The van der Waals surface area contributed by atoms with Crippen molar-refractivity contribution < 1.29 is 14.3 Å². The molecule has 0 spiro atoms. The van der Waals surface area contributed by atoms with E-state index in [-0.39, 0.29) is 5.97 Å². The highest BCUT2D eigenvalue weighted by molar-refractivity contribution is 5.89. The molecule has 1 aromatic carbocycles. The van der Waals surface area contributed by atoms with Gasteiger partial charge >= 0.3 is 5.97 Å². The largest absolute Gasteiger partial charge is 0.493 e. The van der Waals surface area contributed by atoms with Crippen LogP contribution in [0.2, 0.25) is 0 Å². The zero-order chi connectivity index (χ0) is 12.8. The number of esters is 1. The molecule has 0 bridgehead atoms. The van der Waals surface area contributed by atoms with Crippen LogP contribution in [-0.2, 0) is 4.74 Å². The number of hydrogen-bond donors (Lipinski definition) is 1. The Hall–Kier alpha value is -1.55. The van der Waals surface area contributed by atoms with E-state index in [0.717, 1.165) is 18.8 Å². The average molecular weight is 249 g/mol. The molecule has 4 heteroatoms. The second-order valence-electron chi connectivity index (χ2n) is 4.54. The van der Waals surface area contributed by atoms with Crippen molar-refractivity contribution >= 4 is 5.97 Å². The van der Waals surface area contributed by atoms with Crippen molar-refractivity contribution in [3.05, 3.63) is 29.8 Å². The number of carbonyl (C=O) groups is 1. The van der Waals surface area contributed by atoms with Gasteiger partial charge in [-0.25, -0.2) is 4.79 Å². The summed E-state index contributed by atoms with van der Waals surface area (Å²) in [6.07, 6.45) is 2.40. The molecule has 1 heterocycles. The summed E-state index contributed by atoms with van der Waals surface area (Å²) >= 11 is 0. The number of benzene rings is 1. The quantitative estimate of drug-likeness (QED) is 0.827. The van der Waals surface area contributed by atoms with E-state index in [0.29, 0.717) is 18.1 Å². The molecule has 1 N–H and O–H groups in total. The summed E-state index contributed by atoms with van der Waals surface area (Å²) in [5, 5.41) is 3.36. The molecule has 1 atom stereocenters. The van der Waals surface area contributed by atoms with Gasteiger partial charge in [-0.2, -0.15) is 0 Å². The fourth-order valence-electron chi connectivity index (χ4n) is 2.11. The Bertz CT molecular complexity index is 400. The van der Waals surface area contributed by atoms with Crippen molar-refractivity contribution in [3.63, 3.8) is 0 Å². The van der Waals surface area contributed by atoms with Gasteiger partial charge in [0.1, 0.15) is 5.75 Å². The van der Waals surface area contributed by atoms with Gasteiger partial charge in [0.25, 0.3) is 0 Å². The van der Waals surface area contributed by atoms with Gasteiger partial charge in [0.05, 0.1) is 19.3 Å². The van der Waals surface area contributed by atoms with Crippen LogP contribution in [0, 0.1) is 5.92 Å². The van der Waals surface area contributed by atoms with Crippen LogP contribution in [0.5, 0.6) is 5.75 Å². The fraction of sp³-hybridized carbons (Fsp3) is 0.500. The van der Waals surface area contributed by atoms with Crippen LogP contribution in [0.1, 0.15) is 23.2 Å². The molecule has 2 rings (SSSR count). The lowest BCUT2D eigenvalue weighted by molar-refractivity contribution is 0.0600. The third-order valence-corrected chi connectivity index (χ3v) is 3.14. The highest BCUT2D eigenvalue weighted by Gasteiger charge is 2.14. The Labute approximate surface area is 107 Å². The van der Waals surface area contributed by atoms with Crippen LogP contribution in [-0.4, -0.2) is 32.8 Å². The summed E-state index contributed by atoms with van der Waals surface area (Å²) in [7, 11) is 1.38. The Balaban J connectivity index is 1.90. The highest BCUT2D eigenvalue weighted by atomic mass is 16.5. The Morgan fingerprint density at radius 2 is 2.39 bits per heavy atom. The predicted molar refractivity (Wildman–Crippen MR) is 68.9 cm³/mol. The van der Waals surface area contributed by atoms with Crippen LogP contribution >= 0.6 is 0 Å². The van der Waals surface area contributed by atoms with Crippen molar-refractivity contribution in [2.45, 2.75) is 12.8 Å². The first-order valence-corrected chi connectivity index (χ1v) is 6.31. The number of ether oxygens (including phenoxy) is 2. The zero-order valence-corrected chi connectivity index (χ0v) is 10.6. The monoisotopic (exact) mass is 249 g/mol. The van der Waals surface area contributed by atoms with Crippen molar-refractivity contribution in [3.8, 4) is 5.75 Å². The minimum atomic E-state index is -0.334. The smallest absolute Gasteiger partial charge is 0.337 e. The summed E-state index contributed by atoms with van der Waals surface area (Å²) in [6.45, 7) is 2.81. The molecular weight excluding hydrogens is 230 g/mol. The van der Waals surface area contributed by atoms with Gasteiger partial charge in [-0.15, -0.1) is 0 Å². The lowest BCUT2D eigenvalue weighted by Gasteiger charge is -2.22. The number of hydrogen-bond acceptors (Lipinski definition) is 4. The summed E-state index contributed by atoms with van der Waals surface area (Å²) in [6, 6.07) is 7.12.